The second kappa shape index (κ2) is 9.13. The van der Waals surface area contributed by atoms with Crippen LogP contribution in [0.15, 0.2) is 0 Å². The molecule has 0 aromatic rings. The van der Waals surface area contributed by atoms with Gasteiger partial charge in [0.15, 0.2) is 18.3 Å². The molecule has 0 unspecified atom stereocenters. The topological polar surface area (TPSA) is 141 Å². The van der Waals surface area contributed by atoms with Crippen molar-refractivity contribution in [2.75, 3.05) is 7.11 Å². The molecule has 5 atom stereocenters. The fourth-order valence-electron chi connectivity index (χ4n) is 2.34. The summed E-state index contributed by atoms with van der Waals surface area (Å²) in [6.45, 7) is 4.22. The Morgan fingerprint density at radius 1 is 0.654 bits per heavy atom. The van der Waals surface area contributed by atoms with Crippen molar-refractivity contribution >= 4 is 29.8 Å². The number of ether oxygens (including phenoxy) is 6. The van der Waals surface area contributed by atoms with Crippen LogP contribution in [0.1, 0.15) is 27.7 Å². The van der Waals surface area contributed by atoms with E-state index in [4.69, 9.17) is 23.7 Å². The van der Waals surface area contributed by atoms with E-state index in [9.17, 15) is 24.0 Å². The van der Waals surface area contributed by atoms with E-state index < -0.39 is 60.6 Å². The molecule has 26 heavy (non-hydrogen) atoms. The van der Waals surface area contributed by atoms with E-state index in [2.05, 4.69) is 4.74 Å². The lowest BCUT2D eigenvalue weighted by molar-refractivity contribution is -0.294. The Hall–Kier alpha value is -2.69. The first-order chi connectivity index (χ1) is 12.1. The third kappa shape index (κ3) is 5.69. The molecular formula is C15H20O11. The Balaban J connectivity index is 3.37. The van der Waals surface area contributed by atoms with Crippen molar-refractivity contribution in [3.63, 3.8) is 0 Å². The first-order valence-corrected chi connectivity index (χ1v) is 7.49. The van der Waals surface area contributed by atoms with Crippen LogP contribution in [-0.4, -0.2) is 67.7 Å². The standard InChI is InChI=1S/C15H20O11/c1-6(16)22-10-11(23-7(2)17)13(24-8(3)18)15(25-9(4)19)26-12(10)14(20)21-5/h10-13,15H,1-5H3/t10-,11-,12-,13-,15-/m0/s1. The fourth-order valence-corrected chi connectivity index (χ4v) is 2.34. The van der Waals surface area contributed by atoms with Gasteiger partial charge in [0, 0.05) is 27.7 Å². The van der Waals surface area contributed by atoms with Gasteiger partial charge in [-0.15, -0.1) is 0 Å². The number of carbonyl (C=O) groups is 5. The van der Waals surface area contributed by atoms with Crippen molar-refractivity contribution in [3.05, 3.63) is 0 Å². The average Bonchev–Trinajstić information content (AvgIpc) is 2.50. The van der Waals surface area contributed by atoms with Crippen LogP contribution in [0.25, 0.3) is 0 Å². The van der Waals surface area contributed by atoms with E-state index in [0.29, 0.717) is 0 Å². The van der Waals surface area contributed by atoms with Crippen molar-refractivity contribution in [3.8, 4) is 0 Å². The minimum Gasteiger partial charge on any atom is -0.467 e. The maximum absolute atomic E-state index is 12.0. The zero-order valence-corrected chi connectivity index (χ0v) is 14.9. The normalized spacial score (nSPS) is 27.7. The lowest BCUT2D eigenvalue weighted by Crippen LogP contribution is -2.64. The highest BCUT2D eigenvalue weighted by atomic mass is 16.7. The summed E-state index contributed by atoms with van der Waals surface area (Å²) in [5.74, 6) is -4.25. The molecule has 0 saturated carbocycles. The van der Waals surface area contributed by atoms with Crippen molar-refractivity contribution < 1.29 is 52.4 Å². The first kappa shape index (κ1) is 21.4. The molecule has 0 aromatic carbocycles. The quantitative estimate of drug-likeness (QED) is 0.441. The van der Waals surface area contributed by atoms with Gasteiger partial charge in [-0.3, -0.25) is 19.2 Å². The summed E-state index contributed by atoms with van der Waals surface area (Å²) in [6.07, 6.45) is -7.66. The zero-order valence-electron chi connectivity index (χ0n) is 14.9. The van der Waals surface area contributed by atoms with Gasteiger partial charge in [0.2, 0.25) is 12.4 Å². The Morgan fingerprint density at radius 2 is 1.08 bits per heavy atom. The van der Waals surface area contributed by atoms with Crippen LogP contribution in [0.5, 0.6) is 0 Å². The monoisotopic (exact) mass is 376 g/mol. The summed E-state index contributed by atoms with van der Waals surface area (Å²) in [5, 5.41) is 0. The molecule has 0 amide bonds. The Bertz CT molecular complexity index is 584. The predicted octanol–water partition coefficient (Wildman–Crippen LogP) is -0.757. The van der Waals surface area contributed by atoms with Gasteiger partial charge in [0.05, 0.1) is 7.11 Å². The largest absolute Gasteiger partial charge is 0.467 e. The van der Waals surface area contributed by atoms with Gasteiger partial charge in [-0.05, 0) is 0 Å². The zero-order chi connectivity index (χ0) is 20.0. The molecule has 146 valence electrons. The van der Waals surface area contributed by atoms with E-state index in [-0.39, 0.29) is 0 Å². The lowest BCUT2D eigenvalue weighted by atomic mass is 9.97. The molecule has 11 nitrogen and oxygen atoms in total. The van der Waals surface area contributed by atoms with Gasteiger partial charge < -0.3 is 28.4 Å². The van der Waals surface area contributed by atoms with Crippen LogP contribution >= 0.6 is 0 Å². The Morgan fingerprint density at radius 3 is 1.50 bits per heavy atom. The third-order valence-electron chi connectivity index (χ3n) is 3.12. The maximum atomic E-state index is 12.0. The van der Waals surface area contributed by atoms with Crippen LogP contribution in [0.4, 0.5) is 0 Å². The first-order valence-electron chi connectivity index (χ1n) is 7.49. The SMILES string of the molecule is COC(=O)[C@H]1O[C@H](OC(C)=O)[C@@H](OC(C)=O)[C@@H](OC(C)=O)[C@@H]1OC(C)=O. The van der Waals surface area contributed by atoms with Crippen LogP contribution in [0, 0.1) is 0 Å². The van der Waals surface area contributed by atoms with Gasteiger partial charge in [0.25, 0.3) is 0 Å². The molecular weight excluding hydrogens is 356 g/mol. The highest BCUT2D eigenvalue weighted by Gasteiger charge is 2.56. The molecule has 1 aliphatic heterocycles. The van der Waals surface area contributed by atoms with E-state index in [1.165, 1.54) is 0 Å². The van der Waals surface area contributed by atoms with Crippen molar-refractivity contribution in [2.24, 2.45) is 0 Å². The summed E-state index contributed by atoms with van der Waals surface area (Å²) in [5.41, 5.74) is 0. The molecule has 1 rings (SSSR count). The molecule has 1 saturated heterocycles. The highest BCUT2D eigenvalue weighted by molar-refractivity contribution is 5.77. The second-order valence-electron chi connectivity index (χ2n) is 5.28. The molecule has 1 heterocycles. The predicted molar refractivity (Wildman–Crippen MR) is 79.1 cm³/mol. The molecule has 0 N–H and O–H groups in total. The van der Waals surface area contributed by atoms with Gasteiger partial charge in [-0.2, -0.15) is 0 Å². The van der Waals surface area contributed by atoms with Gasteiger partial charge in [0.1, 0.15) is 0 Å². The number of rotatable bonds is 5. The van der Waals surface area contributed by atoms with E-state index in [1.54, 1.807) is 0 Å². The van der Waals surface area contributed by atoms with Crippen LogP contribution < -0.4 is 0 Å². The number of esters is 5. The van der Waals surface area contributed by atoms with Crippen LogP contribution in [0.2, 0.25) is 0 Å². The van der Waals surface area contributed by atoms with Crippen LogP contribution in [0.3, 0.4) is 0 Å². The van der Waals surface area contributed by atoms with Crippen LogP contribution in [-0.2, 0) is 52.4 Å². The van der Waals surface area contributed by atoms with Gasteiger partial charge in [-0.1, -0.05) is 0 Å². The van der Waals surface area contributed by atoms with Crippen molar-refractivity contribution in [1.82, 2.24) is 0 Å². The fraction of sp³-hybridized carbons (Fsp3) is 0.667. The molecule has 1 fully saturated rings. The van der Waals surface area contributed by atoms with Gasteiger partial charge >= 0.3 is 29.8 Å². The Labute approximate surface area is 148 Å². The second-order valence-corrected chi connectivity index (χ2v) is 5.28. The van der Waals surface area contributed by atoms with Crippen molar-refractivity contribution in [1.29, 1.82) is 0 Å². The molecule has 0 aromatic heterocycles. The highest BCUT2D eigenvalue weighted by Crippen LogP contribution is 2.30. The lowest BCUT2D eigenvalue weighted by Gasteiger charge is -2.42. The number of methoxy groups -OCH3 is 1. The number of carbonyl (C=O) groups excluding carboxylic acids is 5. The average molecular weight is 376 g/mol. The minimum absolute atomic E-state index is 0.814. The molecule has 0 spiro atoms. The van der Waals surface area contributed by atoms with Gasteiger partial charge in [-0.25, -0.2) is 4.79 Å². The summed E-state index contributed by atoms with van der Waals surface area (Å²) < 4.78 is 30.0. The molecule has 0 radical (unpaired) electrons. The van der Waals surface area contributed by atoms with E-state index in [0.717, 1.165) is 34.8 Å². The molecule has 1 aliphatic rings. The number of hydrogen-bond donors (Lipinski definition) is 0. The molecule has 0 bridgehead atoms. The summed E-state index contributed by atoms with van der Waals surface area (Å²) in [6, 6.07) is 0. The van der Waals surface area contributed by atoms with E-state index in [1.807, 2.05) is 0 Å². The third-order valence-corrected chi connectivity index (χ3v) is 3.12. The summed E-state index contributed by atoms with van der Waals surface area (Å²) in [7, 11) is 1.05. The number of hydrogen-bond acceptors (Lipinski definition) is 11. The summed E-state index contributed by atoms with van der Waals surface area (Å²) in [4.78, 5) is 57.7. The minimum atomic E-state index is -1.60. The smallest absolute Gasteiger partial charge is 0.339 e. The van der Waals surface area contributed by atoms with E-state index >= 15 is 0 Å². The molecule has 11 heteroatoms. The Kier molecular flexibility index (Phi) is 7.50. The maximum Gasteiger partial charge on any atom is 0.339 e. The molecule has 0 aliphatic carbocycles. The van der Waals surface area contributed by atoms with Crippen molar-refractivity contribution in [2.45, 2.75) is 58.4 Å². The summed E-state index contributed by atoms with van der Waals surface area (Å²) >= 11 is 0.